The third-order valence-corrected chi connectivity index (χ3v) is 3.28. The number of halogens is 1. The van der Waals surface area contributed by atoms with Crippen LogP contribution < -0.4 is 19.5 Å². The molecule has 0 atom stereocenters. The molecule has 1 heterocycles. The number of hydrogen-bond donors (Lipinski definition) is 1. The van der Waals surface area contributed by atoms with E-state index in [0.29, 0.717) is 23.8 Å². The van der Waals surface area contributed by atoms with E-state index in [-0.39, 0.29) is 24.0 Å². The molecule has 0 unspecified atom stereocenters. The van der Waals surface area contributed by atoms with Crippen molar-refractivity contribution in [1.29, 1.82) is 0 Å². The van der Waals surface area contributed by atoms with Gasteiger partial charge in [0.1, 0.15) is 0 Å². The highest BCUT2D eigenvalue weighted by Crippen LogP contribution is 2.39. The summed E-state index contributed by atoms with van der Waals surface area (Å²) in [6, 6.07) is 3.83. The molecule has 0 bridgehead atoms. The van der Waals surface area contributed by atoms with Gasteiger partial charge in [-0.25, -0.2) is 0 Å². The summed E-state index contributed by atoms with van der Waals surface area (Å²) in [5.74, 6) is 2.85. The van der Waals surface area contributed by atoms with Crippen molar-refractivity contribution in [3.05, 3.63) is 17.7 Å². The fraction of sp³-hybridized carbons (Fsp3) is 0.500. The average Bonchev–Trinajstić information content (AvgIpc) is 2.89. The van der Waals surface area contributed by atoms with Crippen LogP contribution in [0.4, 0.5) is 0 Å². The summed E-state index contributed by atoms with van der Waals surface area (Å²) in [5, 5.41) is 3.31. The number of benzene rings is 1. The maximum Gasteiger partial charge on any atom is 0.203 e. The second kappa shape index (κ2) is 8.16. The summed E-state index contributed by atoms with van der Waals surface area (Å²) >= 11 is 0. The Balaban J connectivity index is 0.00000220. The highest BCUT2D eigenvalue weighted by atomic mass is 127. The molecular formula is C14H22IN3O3. The van der Waals surface area contributed by atoms with Gasteiger partial charge in [0.2, 0.25) is 5.75 Å². The van der Waals surface area contributed by atoms with Crippen molar-refractivity contribution >= 4 is 29.9 Å². The number of rotatable bonds is 5. The van der Waals surface area contributed by atoms with E-state index in [2.05, 4.69) is 15.2 Å². The van der Waals surface area contributed by atoms with Crippen LogP contribution in [0, 0.1) is 0 Å². The second-order valence-electron chi connectivity index (χ2n) is 4.47. The van der Waals surface area contributed by atoms with E-state index in [0.717, 1.165) is 24.6 Å². The second-order valence-corrected chi connectivity index (χ2v) is 4.47. The monoisotopic (exact) mass is 407 g/mol. The molecule has 0 radical (unpaired) electrons. The Morgan fingerprint density at radius 2 is 1.86 bits per heavy atom. The largest absolute Gasteiger partial charge is 0.493 e. The summed E-state index contributed by atoms with van der Waals surface area (Å²) in [5.41, 5.74) is 0.994. The number of hydrogen-bond acceptors (Lipinski definition) is 6. The predicted molar refractivity (Wildman–Crippen MR) is 93.3 cm³/mol. The van der Waals surface area contributed by atoms with Gasteiger partial charge in [0, 0.05) is 25.7 Å². The normalized spacial score (nSPS) is 13.3. The first-order valence-electron chi connectivity index (χ1n) is 6.48. The first-order valence-corrected chi connectivity index (χ1v) is 6.48. The molecule has 0 aliphatic carbocycles. The first-order chi connectivity index (χ1) is 9.71. The lowest BCUT2D eigenvalue weighted by Crippen LogP contribution is -2.35. The van der Waals surface area contributed by atoms with Crippen molar-refractivity contribution in [2.45, 2.75) is 6.54 Å². The van der Waals surface area contributed by atoms with Gasteiger partial charge in [0.05, 0.1) is 27.9 Å². The number of guanidine groups is 1. The lowest BCUT2D eigenvalue weighted by molar-refractivity contribution is 0.322. The number of nitrogens with one attached hydrogen (secondary N) is 1. The van der Waals surface area contributed by atoms with Gasteiger partial charge < -0.3 is 24.4 Å². The molecule has 0 amide bonds. The minimum Gasteiger partial charge on any atom is -0.493 e. The van der Waals surface area contributed by atoms with Crippen LogP contribution in [-0.2, 0) is 6.54 Å². The van der Waals surface area contributed by atoms with Gasteiger partial charge in [-0.05, 0) is 12.1 Å². The summed E-state index contributed by atoms with van der Waals surface area (Å²) in [6.45, 7) is 2.40. The van der Waals surface area contributed by atoms with Crippen molar-refractivity contribution in [1.82, 2.24) is 10.2 Å². The van der Waals surface area contributed by atoms with E-state index in [1.165, 1.54) is 0 Å². The minimum atomic E-state index is 0. The van der Waals surface area contributed by atoms with Crippen LogP contribution >= 0.6 is 24.0 Å². The highest BCUT2D eigenvalue weighted by molar-refractivity contribution is 14.0. The van der Waals surface area contributed by atoms with Gasteiger partial charge in [-0.1, -0.05) is 0 Å². The maximum atomic E-state index is 5.45. The SMILES string of the molecule is COc1ccc(CNC2=NCCN2C)c(OC)c1OC.I. The number of nitrogens with zero attached hydrogens (tertiary/aromatic N) is 2. The van der Waals surface area contributed by atoms with Gasteiger partial charge in [0.25, 0.3) is 0 Å². The summed E-state index contributed by atoms with van der Waals surface area (Å²) < 4.78 is 16.1. The predicted octanol–water partition coefficient (Wildman–Crippen LogP) is 1.72. The zero-order valence-corrected chi connectivity index (χ0v) is 15.1. The van der Waals surface area contributed by atoms with Crippen LogP contribution in [-0.4, -0.2) is 52.3 Å². The molecule has 1 aliphatic heterocycles. The Morgan fingerprint density at radius 1 is 1.14 bits per heavy atom. The molecule has 1 aromatic rings. The third-order valence-electron chi connectivity index (χ3n) is 3.28. The van der Waals surface area contributed by atoms with Gasteiger partial charge >= 0.3 is 0 Å². The lowest BCUT2D eigenvalue weighted by atomic mass is 10.1. The zero-order chi connectivity index (χ0) is 14.5. The molecule has 1 aliphatic rings. The molecule has 6 nitrogen and oxygen atoms in total. The molecule has 21 heavy (non-hydrogen) atoms. The number of ether oxygens (including phenoxy) is 3. The van der Waals surface area contributed by atoms with Crippen LogP contribution in [0.2, 0.25) is 0 Å². The van der Waals surface area contributed by atoms with Gasteiger partial charge in [0.15, 0.2) is 17.5 Å². The standard InChI is InChI=1S/C14H21N3O3.HI/c1-17-8-7-15-14(17)16-9-10-5-6-11(18-2)13(20-4)12(10)19-3;/h5-6H,7-9H2,1-4H3,(H,15,16);1H. The van der Waals surface area contributed by atoms with Crippen LogP contribution in [0.1, 0.15) is 5.56 Å². The minimum absolute atomic E-state index is 0. The Hall–Kier alpha value is -1.38. The Labute approximate surface area is 142 Å². The van der Waals surface area contributed by atoms with Crippen molar-refractivity contribution < 1.29 is 14.2 Å². The van der Waals surface area contributed by atoms with E-state index >= 15 is 0 Å². The fourth-order valence-corrected chi connectivity index (χ4v) is 2.20. The fourth-order valence-electron chi connectivity index (χ4n) is 2.20. The van der Waals surface area contributed by atoms with Crippen LogP contribution in [0.15, 0.2) is 17.1 Å². The molecule has 1 aromatic carbocycles. The van der Waals surface area contributed by atoms with E-state index < -0.39 is 0 Å². The van der Waals surface area contributed by atoms with Crippen LogP contribution in [0.3, 0.4) is 0 Å². The molecule has 0 fully saturated rings. The topological polar surface area (TPSA) is 55.3 Å². The van der Waals surface area contributed by atoms with Gasteiger partial charge in [-0.2, -0.15) is 0 Å². The number of methoxy groups -OCH3 is 3. The van der Waals surface area contributed by atoms with E-state index in [1.54, 1.807) is 21.3 Å². The Morgan fingerprint density at radius 3 is 2.38 bits per heavy atom. The molecule has 0 saturated heterocycles. The van der Waals surface area contributed by atoms with Crippen molar-refractivity contribution in [2.24, 2.45) is 4.99 Å². The van der Waals surface area contributed by atoms with Gasteiger partial charge in [-0.15, -0.1) is 24.0 Å². The molecule has 118 valence electrons. The summed E-state index contributed by atoms with van der Waals surface area (Å²) in [7, 11) is 6.86. The molecule has 7 heteroatoms. The lowest BCUT2D eigenvalue weighted by Gasteiger charge is -2.18. The van der Waals surface area contributed by atoms with Crippen molar-refractivity contribution in [3.8, 4) is 17.2 Å². The van der Waals surface area contributed by atoms with E-state index in [1.807, 2.05) is 19.2 Å². The first kappa shape index (κ1) is 17.7. The number of likely N-dealkylation sites (N-methyl/N-ethyl adjacent to an activating group) is 1. The molecule has 0 saturated carbocycles. The third kappa shape index (κ3) is 3.84. The molecular weight excluding hydrogens is 385 g/mol. The Bertz CT molecular complexity index is 508. The quantitative estimate of drug-likeness (QED) is 0.754. The molecule has 1 N–H and O–H groups in total. The van der Waals surface area contributed by atoms with Crippen molar-refractivity contribution in [2.75, 3.05) is 41.5 Å². The van der Waals surface area contributed by atoms with E-state index in [4.69, 9.17) is 14.2 Å². The average molecular weight is 407 g/mol. The smallest absolute Gasteiger partial charge is 0.203 e. The Kier molecular flexibility index (Phi) is 6.86. The van der Waals surface area contributed by atoms with Gasteiger partial charge in [-0.3, -0.25) is 4.99 Å². The van der Waals surface area contributed by atoms with E-state index in [9.17, 15) is 0 Å². The summed E-state index contributed by atoms with van der Waals surface area (Å²) in [6.07, 6.45) is 0. The maximum absolute atomic E-state index is 5.45. The van der Waals surface area contributed by atoms with Crippen LogP contribution in [0.5, 0.6) is 17.2 Å². The molecule has 0 aromatic heterocycles. The molecule has 2 rings (SSSR count). The summed E-state index contributed by atoms with van der Waals surface area (Å²) in [4.78, 5) is 6.49. The number of aliphatic imine (C=N–C) groups is 1. The molecule has 0 spiro atoms. The highest BCUT2D eigenvalue weighted by Gasteiger charge is 2.17. The van der Waals surface area contributed by atoms with Crippen LogP contribution in [0.25, 0.3) is 0 Å². The zero-order valence-electron chi connectivity index (χ0n) is 12.8. The van der Waals surface area contributed by atoms with Crippen molar-refractivity contribution in [3.63, 3.8) is 0 Å².